The number of aromatic nitrogens is 3. The molecule has 2 aromatic heterocycles. The first-order valence-electron chi connectivity index (χ1n) is 9.99. The Kier molecular flexibility index (Phi) is 7.24. The fraction of sp³-hybridized carbons (Fsp3) is 0.409. The molecule has 0 amide bonds. The summed E-state index contributed by atoms with van der Waals surface area (Å²) in [5, 5.41) is 16.4. The third-order valence-electron chi connectivity index (χ3n) is 4.70. The van der Waals surface area contributed by atoms with Crippen molar-refractivity contribution < 1.29 is 14.6 Å². The summed E-state index contributed by atoms with van der Waals surface area (Å²) in [5.74, 6) is 2.97. The molecule has 8 nitrogen and oxygen atoms in total. The van der Waals surface area contributed by atoms with E-state index < -0.39 is 0 Å². The highest BCUT2D eigenvalue weighted by atomic mass is 16.5. The van der Waals surface area contributed by atoms with Crippen molar-refractivity contribution in [2.45, 2.75) is 32.9 Å². The van der Waals surface area contributed by atoms with Crippen LogP contribution in [-0.2, 0) is 6.54 Å². The maximum absolute atomic E-state index is 9.76. The number of benzene rings is 1. The van der Waals surface area contributed by atoms with Crippen LogP contribution in [0.5, 0.6) is 11.5 Å². The van der Waals surface area contributed by atoms with Crippen LogP contribution >= 0.6 is 0 Å². The van der Waals surface area contributed by atoms with Crippen LogP contribution in [0.15, 0.2) is 36.5 Å². The van der Waals surface area contributed by atoms with E-state index in [-0.39, 0.29) is 12.6 Å². The van der Waals surface area contributed by atoms with E-state index in [0.717, 1.165) is 29.0 Å². The zero-order valence-corrected chi connectivity index (χ0v) is 17.8. The van der Waals surface area contributed by atoms with E-state index in [0.29, 0.717) is 29.7 Å². The van der Waals surface area contributed by atoms with Crippen LogP contribution < -0.4 is 20.1 Å². The van der Waals surface area contributed by atoms with Crippen LogP contribution in [0.25, 0.3) is 11.0 Å². The molecule has 0 radical (unpaired) electrons. The maximum atomic E-state index is 9.76. The van der Waals surface area contributed by atoms with Gasteiger partial charge in [-0.05, 0) is 36.6 Å². The van der Waals surface area contributed by atoms with Crippen molar-refractivity contribution in [3.63, 3.8) is 0 Å². The van der Waals surface area contributed by atoms with Gasteiger partial charge >= 0.3 is 0 Å². The van der Waals surface area contributed by atoms with Gasteiger partial charge in [-0.2, -0.15) is 4.98 Å². The van der Waals surface area contributed by atoms with Gasteiger partial charge in [-0.25, -0.2) is 4.98 Å². The number of methoxy groups -OCH3 is 2. The number of pyridine rings is 1. The molecule has 160 valence electrons. The number of nitrogens with zero attached hydrogens (tertiary/aromatic N) is 3. The van der Waals surface area contributed by atoms with E-state index in [2.05, 4.69) is 39.4 Å². The molecule has 1 aromatic carbocycles. The topological polar surface area (TPSA) is 101 Å². The average Bonchev–Trinajstić information content (AvgIpc) is 2.76. The summed E-state index contributed by atoms with van der Waals surface area (Å²) in [7, 11) is 3.25. The lowest BCUT2D eigenvalue weighted by molar-refractivity contribution is 0.259. The monoisotopic (exact) mass is 411 g/mol. The second-order valence-corrected chi connectivity index (χ2v) is 7.45. The molecule has 3 rings (SSSR count). The van der Waals surface area contributed by atoms with Gasteiger partial charge in [-0.1, -0.05) is 13.8 Å². The number of nitrogens with one attached hydrogen (secondary N) is 2. The molecule has 0 fully saturated rings. The predicted octanol–water partition coefficient (Wildman–Crippen LogP) is 3.47. The fourth-order valence-electron chi connectivity index (χ4n) is 3.26. The molecule has 8 heteroatoms. The van der Waals surface area contributed by atoms with E-state index in [1.54, 1.807) is 20.4 Å². The highest BCUT2D eigenvalue weighted by molar-refractivity contribution is 5.86. The molecule has 30 heavy (non-hydrogen) atoms. The van der Waals surface area contributed by atoms with E-state index in [1.807, 2.05) is 30.3 Å². The predicted molar refractivity (Wildman–Crippen MR) is 118 cm³/mol. The standard InChI is InChI=1S/C22H29N5O3/c1-14(2)10-16(13-28)25-21-20-18(6-5-9-23-20)26-22(27-21)24-12-15-7-8-17(29-3)11-19(15)30-4/h5-9,11,14,16,28H,10,12-13H2,1-4H3,(H2,24,25,26,27)/t16-/m0/s1. The smallest absolute Gasteiger partial charge is 0.225 e. The number of aliphatic hydroxyl groups excluding tert-OH is 1. The molecule has 0 aliphatic heterocycles. The summed E-state index contributed by atoms with van der Waals surface area (Å²) in [5.41, 5.74) is 2.35. The first-order chi connectivity index (χ1) is 14.5. The largest absolute Gasteiger partial charge is 0.497 e. The van der Waals surface area contributed by atoms with Crippen molar-refractivity contribution in [2.24, 2.45) is 5.92 Å². The van der Waals surface area contributed by atoms with Gasteiger partial charge < -0.3 is 25.2 Å². The Morgan fingerprint density at radius 3 is 2.63 bits per heavy atom. The molecule has 1 atom stereocenters. The fourth-order valence-corrected chi connectivity index (χ4v) is 3.26. The number of aliphatic hydroxyl groups is 1. The lowest BCUT2D eigenvalue weighted by Gasteiger charge is -2.20. The van der Waals surface area contributed by atoms with Crippen LogP contribution in [0.2, 0.25) is 0 Å². The van der Waals surface area contributed by atoms with Crippen LogP contribution in [0.3, 0.4) is 0 Å². The normalized spacial score (nSPS) is 12.1. The summed E-state index contributed by atoms with van der Waals surface area (Å²) >= 11 is 0. The minimum Gasteiger partial charge on any atom is -0.497 e. The molecule has 0 aliphatic carbocycles. The minimum atomic E-state index is -0.111. The first kappa shape index (κ1) is 21.6. The SMILES string of the molecule is COc1ccc(CNc2nc(N[C@H](CO)CC(C)C)c3ncccc3n2)c(OC)c1. The molecule has 0 saturated carbocycles. The Labute approximate surface area is 176 Å². The summed E-state index contributed by atoms with van der Waals surface area (Å²) < 4.78 is 10.7. The number of anilines is 2. The van der Waals surface area contributed by atoms with Gasteiger partial charge in [-0.3, -0.25) is 4.98 Å². The van der Waals surface area contributed by atoms with Crippen molar-refractivity contribution in [1.29, 1.82) is 0 Å². The van der Waals surface area contributed by atoms with Gasteiger partial charge in [0.25, 0.3) is 0 Å². The second-order valence-electron chi connectivity index (χ2n) is 7.45. The molecular formula is C22H29N5O3. The number of rotatable bonds is 10. The quantitative estimate of drug-likeness (QED) is 0.466. The molecule has 0 aliphatic rings. The first-order valence-corrected chi connectivity index (χ1v) is 9.99. The molecule has 0 spiro atoms. The Morgan fingerprint density at radius 2 is 1.93 bits per heavy atom. The lowest BCUT2D eigenvalue weighted by atomic mass is 10.0. The van der Waals surface area contributed by atoms with Crippen molar-refractivity contribution in [3.05, 3.63) is 42.1 Å². The summed E-state index contributed by atoms with van der Waals surface area (Å²) in [6.07, 6.45) is 2.53. The molecule has 3 aromatic rings. The third-order valence-corrected chi connectivity index (χ3v) is 4.70. The molecule has 3 N–H and O–H groups in total. The Balaban J connectivity index is 1.86. The van der Waals surface area contributed by atoms with Crippen molar-refractivity contribution >= 4 is 22.8 Å². The van der Waals surface area contributed by atoms with E-state index in [9.17, 15) is 5.11 Å². The van der Waals surface area contributed by atoms with Gasteiger partial charge in [0.2, 0.25) is 5.95 Å². The number of fused-ring (bicyclic) bond motifs is 1. The zero-order valence-electron chi connectivity index (χ0n) is 17.8. The Morgan fingerprint density at radius 1 is 1.10 bits per heavy atom. The number of hydrogen-bond acceptors (Lipinski definition) is 8. The second kappa shape index (κ2) is 10.1. The number of ether oxygens (including phenoxy) is 2. The minimum absolute atomic E-state index is 0.0162. The highest BCUT2D eigenvalue weighted by Crippen LogP contribution is 2.26. The molecular weight excluding hydrogens is 382 g/mol. The van der Waals surface area contributed by atoms with Gasteiger partial charge in [0.05, 0.1) is 32.4 Å². The van der Waals surface area contributed by atoms with Crippen molar-refractivity contribution in [1.82, 2.24) is 15.0 Å². The zero-order chi connectivity index (χ0) is 21.5. The van der Waals surface area contributed by atoms with Crippen LogP contribution in [0, 0.1) is 5.92 Å². The summed E-state index contributed by atoms with van der Waals surface area (Å²) in [4.78, 5) is 13.6. The highest BCUT2D eigenvalue weighted by Gasteiger charge is 2.15. The van der Waals surface area contributed by atoms with Crippen molar-refractivity contribution in [3.8, 4) is 11.5 Å². The van der Waals surface area contributed by atoms with Gasteiger partial charge in [0, 0.05) is 24.4 Å². The average molecular weight is 412 g/mol. The van der Waals surface area contributed by atoms with E-state index in [1.165, 1.54) is 0 Å². The Hall–Kier alpha value is -3.13. The van der Waals surface area contributed by atoms with Gasteiger partial charge in [-0.15, -0.1) is 0 Å². The molecule has 0 unspecified atom stereocenters. The van der Waals surface area contributed by atoms with Gasteiger partial charge in [0.15, 0.2) is 5.82 Å². The Bertz CT molecular complexity index is 980. The number of hydrogen-bond donors (Lipinski definition) is 3. The maximum Gasteiger partial charge on any atom is 0.225 e. The third kappa shape index (κ3) is 5.27. The van der Waals surface area contributed by atoms with Gasteiger partial charge in [0.1, 0.15) is 17.0 Å². The van der Waals surface area contributed by atoms with E-state index in [4.69, 9.17) is 9.47 Å². The molecule has 0 saturated heterocycles. The van der Waals surface area contributed by atoms with Crippen LogP contribution in [0.4, 0.5) is 11.8 Å². The summed E-state index contributed by atoms with van der Waals surface area (Å²) in [6.45, 7) is 4.74. The molecule has 0 bridgehead atoms. The summed E-state index contributed by atoms with van der Waals surface area (Å²) in [6, 6.07) is 9.29. The van der Waals surface area contributed by atoms with Crippen molar-refractivity contribution in [2.75, 3.05) is 31.5 Å². The molecule has 2 heterocycles. The van der Waals surface area contributed by atoms with Crippen LogP contribution in [0.1, 0.15) is 25.8 Å². The lowest BCUT2D eigenvalue weighted by Crippen LogP contribution is -2.26. The van der Waals surface area contributed by atoms with E-state index >= 15 is 0 Å². The van der Waals surface area contributed by atoms with Crippen LogP contribution in [-0.4, -0.2) is 46.9 Å².